The van der Waals surface area contributed by atoms with Crippen molar-refractivity contribution in [3.63, 3.8) is 0 Å². The molecule has 0 heterocycles. The summed E-state index contributed by atoms with van der Waals surface area (Å²) in [7, 11) is -1.85. The molecule has 1 aromatic rings. The number of hydrogen-bond acceptors (Lipinski definition) is 4. The second kappa shape index (κ2) is 8.15. The molecule has 0 unspecified atom stereocenters. The average Bonchev–Trinajstić information content (AvgIpc) is 2.54. The van der Waals surface area contributed by atoms with Gasteiger partial charge in [0.15, 0.2) is 0 Å². The number of benzene rings is 1. The van der Waals surface area contributed by atoms with Gasteiger partial charge in [0, 0.05) is 17.0 Å². The van der Waals surface area contributed by atoms with Gasteiger partial charge >= 0.3 is 0 Å². The second-order valence-electron chi connectivity index (χ2n) is 7.62. The van der Waals surface area contributed by atoms with Gasteiger partial charge in [0.05, 0.1) is 17.5 Å². The van der Waals surface area contributed by atoms with E-state index >= 15 is 0 Å². The van der Waals surface area contributed by atoms with E-state index < -0.39 is 14.8 Å². The van der Waals surface area contributed by atoms with Crippen molar-refractivity contribution in [3.8, 4) is 5.75 Å². The van der Waals surface area contributed by atoms with Crippen LogP contribution in [-0.4, -0.2) is 32.2 Å². The lowest BCUT2D eigenvalue weighted by Gasteiger charge is -2.30. The van der Waals surface area contributed by atoms with E-state index in [1.54, 1.807) is 39.0 Å². The maximum absolute atomic E-state index is 12.5. The number of nitrogens with one attached hydrogen (secondary N) is 2. The number of rotatable bonds is 5. The first kappa shape index (κ1) is 21.0. The van der Waals surface area contributed by atoms with Crippen LogP contribution in [0, 0.1) is 5.92 Å². The number of hydrogen-bond donors (Lipinski definition) is 2. The molecular formula is C18H27ClN2O4S. The van der Waals surface area contributed by atoms with E-state index in [1.165, 1.54) is 7.11 Å². The predicted octanol–water partition coefficient (Wildman–Crippen LogP) is 3.56. The van der Waals surface area contributed by atoms with Crippen molar-refractivity contribution >= 4 is 33.2 Å². The van der Waals surface area contributed by atoms with Crippen LogP contribution in [0.3, 0.4) is 0 Å². The molecule has 1 fully saturated rings. The lowest BCUT2D eigenvalue weighted by atomic mass is 9.86. The molecule has 146 valence electrons. The number of ether oxygens (including phenoxy) is 1. The van der Waals surface area contributed by atoms with Crippen LogP contribution >= 0.6 is 11.6 Å². The highest BCUT2D eigenvalue weighted by Gasteiger charge is 2.34. The first-order valence-electron chi connectivity index (χ1n) is 8.70. The van der Waals surface area contributed by atoms with E-state index in [0.29, 0.717) is 42.1 Å². The Balaban J connectivity index is 1.94. The first-order valence-corrected chi connectivity index (χ1v) is 10.6. The molecule has 0 atom stereocenters. The van der Waals surface area contributed by atoms with Gasteiger partial charge in [0.2, 0.25) is 15.9 Å². The van der Waals surface area contributed by atoms with E-state index in [4.69, 9.17) is 16.3 Å². The van der Waals surface area contributed by atoms with Crippen molar-refractivity contribution in [2.45, 2.75) is 57.2 Å². The van der Waals surface area contributed by atoms with Crippen LogP contribution in [0.15, 0.2) is 18.2 Å². The zero-order valence-electron chi connectivity index (χ0n) is 15.6. The van der Waals surface area contributed by atoms with Gasteiger partial charge in [-0.25, -0.2) is 13.1 Å². The average molecular weight is 403 g/mol. The molecule has 1 aliphatic rings. The Morgan fingerprint density at radius 3 is 2.35 bits per heavy atom. The Kier molecular flexibility index (Phi) is 6.58. The van der Waals surface area contributed by atoms with E-state index in [9.17, 15) is 13.2 Å². The van der Waals surface area contributed by atoms with Crippen LogP contribution in [-0.2, 0) is 14.8 Å². The van der Waals surface area contributed by atoms with E-state index in [2.05, 4.69) is 10.0 Å². The van der Waals surface area contributed by atoms with Crippen LogP contribution < -0.4 is 14.8 Å². The van der Waals surface area contributed by atoms with Crippen molar-refractivity contribution in [3.05, 3.63) is 23.2 Å². The Bertz CT molecular complexity index is 751. The molecule has 2 rings (SSSR count). The molecule has 0 bridgehead atoms. The third-order valence-electron chi connectivity index (χ3n) is 4.65. The lowest BCUT2D eigenvalue weighted by Crippen LogP contribution is -2.46. The Labute approximate surface area is 160 Å². The third-order valence-corrected chi connectivity index (χ3v) is 7.14. The van der Waals surface area contributed by atoms with Gasteiger partial charge in [-0.05, 0) is 64.7 Å². The van der Waals surface area contributed by atoms with Crippen molar-refractivity contribution in [2.24, 2.45) is 5.92 Å². The monoisotopic (exact) mass is 402 g/mol. The fourth-order valence-corrected chi connectivity index (χ4v) is 4.08. The summed E-state index contributed by atoms with van der Waals surface area (Å²) >= 11 is 5.99. The molecule has 8 heteroatoms. The quantitative estimate of drug-likeness (QED) is 0.788. The zero-order chi connectivity index (χ0) is 19.5. The van der Waals surface area contributed by atoms with Crippen molar-refractivity contribution < 1.29 is 17.9 Å². The maximum Gasteiger partial charge on any atom is 0.227 e. The Morgan fingerprint density at radius 2 is 1.81 bits per heavy atom. The fraction of sp³-hybridized carbons (Fsp3) is 0.611. The second-order valence-corrected chi connectivity index (χ2v) is 10.5. The Morgan fingerprint density at radius 1 is 1.19 bits per heavy atom. The van der Waals surface area contributed by atoms with Gasteiger partial charge in [-0.2, -0.15) is 0 Å². The van der Waals surface area contributed by atoms with Gasteiger partial charge in [-0.3, -0.25) is 4.79 Å². The summed E-state index contributed by atoms with van der Waals surface area (Å²) in [4.78, 5) is 12.5. The van der Waals surface area contributed by atoms with E-state index in [0.717, 1.165) is 0 Å². The van der Waals surface area contributed by atoms with Gasteiger partial charge in [-0.1, -0.05) is 11.6 Å². The Hall–Kier alpha value is -1.31. The SMILES string of the molecule is COc1ccc(Cl)cc1NC(=O)C1CCC(NS(=O)(=O)C(C)(C)C)CC1. The standard InChI is InChI=1S/C18H27ClN2O4S/c1-18(2,3)26(23,24)21-14-8-5-12(6-9-14)17(22)20-15-11-13(19)7-10-16(15)25-4/h7,10-12,14,21H,5-6,8-9H2,1-4H3,(H,20,22). The molecule has 0 aromatic heterocycles. The summed E-state index contributed by atoms with van der Waals surface area (Å²) < 4.78 is 31.7. The topological polar surface area (TPSA) is 84.5 Å². The molecule has 2 N–H and O–H groups in total. The molecule has 1 saturated carbocycles. The van der Waals surface area contributed by atoms with Gasteiger partial charge in [-0.15, -0.1) is 0 Å². The largest absolute Gasteiger partial charge is 0.495 e. The minimum atomic E-state index is -3.38. The molecule has 6 nitrogen and oxygen atoms in total. The summed E-state index contributed by atoms with van der Waals surface area (Å²) in [6.07, 6.45) is 2.54. The van der Waals surface area contributed by atoms with Gasteiger partial charge < -0.3 is 10.1 Å². The number of halogens is 1. The van der Waals surface area contributed by atoms with Crippen LogP contribution in [0.4, 0.5) is 5.69 Å². The normalized spacial score (nSPS) is 21.3. The van der Waals surface area contributed by atoms with Gasteiger partial charge in [0.25, 0.3) is 0 Å². The zero-order valence-corrected chi connectivity index (χ0v) is 17.2. The highest BCUT2D eigenvalue weighted by molar-refractivity contribution is 7.90. The first-order chi connectivity index (χ1) is 12.0. The number of methoxy groups -OCH3 is 1. The molecule has 1 aromatic carbocycles. The molecule has 1 amide bonds. The number of carbonyl (C=O) groups is 1. The number of carbonyl (C=O) groups excluding carboxylic acids is 1. The third kappa shape index (κ3) is 5.11. The molecular weight excluding hydrogens is 376 g/mol. The molecule has 0 aliphatic heterocycles. The summed E-state index contributed by atoms with van der Waals surface area (Å²) in [5, 5.41) is 3.39. The molecule has 26 heavy (non-hydrogen) atoms. The van der Waals surface area contributed by atoms with Crippen molar-refractivity contribution in [1.82, 2.24) is 4.72 Å². The molecule has 0 spiro atoms. The summed E-state index contributed by atoms with van der Waals surface area (Å²) in [6, 6.07) is 4.93. The van der Waals surface area contributed by atoms with Crippen molar-refractivity contribution in [1.29, 1.82) is 0 Å². The highest BCUT2D eigenvalue weighted by atomic mass is 35.5. The summed E-state index contributed by atoms with van der Waals surface area (Å²) in [5.41, 5.74) is 0.542. The molecule has 0 radical (unpaired) electrons. The van der Waals surface area contributed by atoms with Crippen LogP contribution in [0.5, 0.6) is 5.75 Å². The fourth-order valence-electron chi connectivity index (χ4n) is 2.88. The molecule has 0 saturated heterocycles. The maximum atomic E-state index is 12.5. The smallest absolute Gasteiger partial charge is 0.227 e. The predicted molar refractivity (Wildman–Crippen MR) is 104 cm³/mol. The van der Waals surface area contributed by atoms with Crippen LogP contribution in [0.1, 0.15) is 46.5 Å². The van der Waals surface area contributed by atoms with E-state index in [-0.39, 0.29) is 17.9 Å². The number of sulfonamides is 1. The lowest BCUT2D eigenvalue weighted by molar-refractivity contribution is -0.120. The van der Waals surface area contributed by atoms with Crippen LogP contribution in [0.25, 0.3) is 0 Å². The minimum Gasteiger partial charge on any atom is -0.495 e. The number of amides is 1. The summed E-state index contributed by atoms with van der Waals surface area (Å²) in [6.45, 7) is 5.02. The van der Waals surface area contributed by atoms with Gasteiger partial charge in [0.1, 0.15) is 5.75 Å². The minimum absolute atomic E-state index is 0.0947. The van der Waals surface area contributed by atoms with E-state index in [1.807, 2.05) is 0 Å². The van der Waals surface area contributed by atoms with Crippen molar-refractivity contribution in [2.75, 3.05) is 12.4 Å². The summed E-state index contributed by atoms with van der Waals surface area (Å²) in [5.74, 6) is 0.297. The highest BCUT2D eigenvalue weighted by Crippen LogP contribution is 2.31. The molecule has 1 aliphatic carbocycles. The number of anilines is 1. The van der Waals surface area contributed by atoms with Crippen LogP contribution in [0.2, 0.25) is 5.02 Å².